The number of halogens is 19. The standard InChI is InChI=1S/C9H2F19O6P/c10-1(11,3(14,15)16)2(12,13)4(17,18)32-5(19,20)6(21,22)33-7(23,24)8(25,26)34-9(27,28)35(29,30)31/h(H2,29,30,31). The Morgan fingerprint density at radius 2 is 0.686 bits per heavy atom. The quantitative estimate of drug-likeness (QED) is 0.240. The van der Waals surface area contributed by atoms with Crippen LogP contribution >= 0.6 is 7.60 Å². The second-order valence-corrected chi connectivity index (χ2v) is 7.18. The molecule has 0 amide bonds. The molecule has 0 saturated carbocycles. The first kappa shape index (κ1) is 33.7. The molecule has 0 radical (unpaired) electrons. The Labute approximate surface area is 175 Å². The van der Waals surface area contributed by atoms with Crippen LogP contribution in [-0.2, 0) is 18.8 Å². The SMILES string of the molecule is O=P(O)(O)C(F)(F)OC(F)(F)C(F)(F)OC(F)(F)C(F)(F)OC(F)(F)C(F)(F)C(F)(F)C(F)(F)F. The van der Waals surface area contributed by atoms with Gasteiger partial charge in [0.05, 0.1) is 0 Å². The summed E-state index contributed by atoms with van der Waals surface area (Å²) in [4.78, 5) is 15.8. The molecule has 212 valence electrons. The summed E-state index contributed by atoms with van der Waals surface area (Å²) in [6.45, 7) is 0. The fraction of sp³-hybridized carbons (Fsp3) is 1.00. The normalized spacial score (nSPS) is 16.6. The Kier molecular flexibility index (Phi) is 8.31. The van der Waals surface area contributed by atoms with Crippen molar-refractivity contribution in [1.29, 1.82) is 0 Å². The first-order chi connectivity index (χ1) is 14.6. The van der Waals surface area contributed by atoms with E-state index in [1.165, 1.54) is 9.47 Å². The Bertz CT molecular complexity index is 814. The van der Waals surface area contributed by atoms with Crippen LogP contribution in [0.15, 0.2) is 0 Å². The first-order valence-electron chi connectivity index (χ1n) is 6.87. The maximum absolute atomic E-state index is 13.0. The van der Waals surface area contributed by atoms with Gasteiger partial charge >= 0.3 is 62.0 Å². The van der Waals surface area contributed by atoms with Crippen LogP contribution in [0, 0.1) is 0 Å². The smallest absolute Gasteiger partial charge is 0.318 e. The first-order valence-corrected chi connectivity index (χ1v) is 8.48. The minimum absolute atomic E-state index is 1.09. The molecule has 0 spiro atoms. The van der Waals surface area contributed by atoms with Crippen molar-refractivity contribution in [2.24, 2.45) is 0 Å². The average molecular weight is 598 g/mol. The lowest BCUT2D eigenvalue weighted by Gasteiger charge is -2.37. The minimum Gasteiger partial charge on any atom is -0.318 e. The zero-order chi connectivity index (χ0) is 29.1. The van der Waals surface area contributed by atoms with Gasteiger partial charge in [0.25, 0.3) is 0 Å². The molecule has 0 atom stereocenters. The monoisotopic (exact) mass is 598 g/mol. The van der Waals surface area contributed by atoms with Crippen molar-refractivity contribution in [3.05, 3.63) is 0 Å². The number of rotatable bonds is 11. The van der Waals surface area contributed by atoms with E-state index in [2.05, 4.69) is 0 Å². The van der Waals surface area contributed by atoms with E-state index in [0.717, 1.165) is 4.74 Å². The van der Waals surface area contributed by atoms with Gasteiger partial charge < -0.3 is 9.79 Å². The molecule has 0 bridgehead atoms. The molecule has 0 rings (SSSR count). The van der Waals surface area contributed by atoms with E-state index >= 15 is 0 Å². The number of hydrogen-bond acceptors (Lipinski definition) is 4. The molecule has 0 fully saturated rings. The topological polar surface area (TPSA) is 85.2 Å². The molecule has 0 unspecified atom stereocenters. The molecule has 0 saturated heterocycles. The van der Waals surface area contributed by atoms with Gasteiger partial charge in [0.1, 0.15) is 0 Å². The van der Waals surface area contributed by atoms with Crippen LogP contribution in [0.4, 0.5) is 83.4 Å². The van der Waals surface area contributed by atoms with Crippen molar-refractivity contribution in [3.63, 3.8) is 0 Å². The van der Waals surface area contributed by atoms with E-state index in [1.54, 1.807) is 0 Å². The lowest BCUT2D eigenvalue weighted by molar-refractivity contribution is -0.566. The van der Waals surface area contributed by atoms with Crippen LogP contribution in [0.5, 0.6) is 0 Å². The van der Waals surface area contributed by atoms with Crippen LogP contribution < -0.4 is 0 Å². The molecule has 0 aliphatic heterocycles. The molecular weight excluding hydrogens is 596 g/mol. The third-order valence-corrected chi connectivity index (χ3v) is 3.67. The Balaban J connectivity index is 6.17. The fourth-order valence-corrected chi connectivity index (χ4v) is 1.43. The Morgan fingerprint density at radius 1 is 0.429 bits per heavy atom. The van der Waals surface area contributed by atoms with Gasteiger partial charge in [0.2, 0.25) is 0 Å². The maximum atomic E-state index is 13.0. The van der Waals surface area contributed by atoms with Gasteiger partial charge in [-0.15, -0.1) is 0 Å². The Hall–Kier alpha value is -1.30. The van der Waals surface area contributed by atoms with E-state index < -0.39 is 62.0 Å². The highest BCUT2D eigenvalue weighted by atomic mass is 31.2. The molecule has 0 aliphatic rings. The van der Waals surface area contributed by atoms with Crippen molar-refractivity contribution in [3.8, 4) is 0 Å². The maximum Gasteiger partial charge on any atom is 0.463 e. The summed E-state index contributed by atoms with van der Waals surface area (Å²) in [5, 5.41) is 0. The van der Waals surface area contributed by atoms with Crippen LogP contribution in [0.2, 0.25) is 0 Å². The third kappa shape index (κ3) is 6.17. The molecule has 35 heavy (non-hydrogen) atoms. The van der Waals surface area contributed by atoms with Crippen LogP contribution in [0.25, 0.3) is 0 Å². The molecule has 0 heterocycles. The van der Waals surface area contributed by atoms with Crippen molar-refractivity contribution in [2.45, 2.75) is 54.4 Å². The zero-order valence-corrected chi connectivity index (χ0v) is 15.6. The van der Waals surface area contributed by atoms with Crippen molar-refractivity contribution < 1.29 is 112 Å². The number of hydrogen-bond donors (Lipinski definition) is 2. The second kappa shape index (κ2) is 8.63. The summed E-state index contributed by atoms with van der Waals surface area (Å²) in [6, 6.07) is 0. The summed E-state index contributed by atoms with van der Waals surface area (Å²) in [5.74, 6) is -23.0. The van der Waals surface area contributed by atoms with Crippen LogP contribution in [0.3, 0.4) is 0 Å². The van der Waals surface area contributed by atoms with Gasteiger partial charge in [0.15, 0.2) is 0 Å². The lowest BCUT2D eigenvalue weighted by Crippen LogP contribution is -2.65. The van der Waals surface area contributed by atoms with E-state index in [9.17, 15) is 88.0 Å². The highest BCUT2D eigenvalue weighted by molar-refractivity contribution is 7.52. The molecule has 6 nitrogen and oxygen atoms in total. The largest absolute Gasteiger partial charge is 0.463 e. The summed E-state index contributed by atoms with van der Waals surface area (Å²) < 4.78 is 255. The van der Waals surface area contributed by atoms with Crippen molar-refractivity contribution in [1.82, 2.24) is 0 Å². The van der Waals surface area contributed by atoms with E-state index in [0.29, 0.717) is 0 Å². The summed E-state index contributed by atoms with van der Waals surface area (Å²) in [7, 11) is -7.32. The molecule has 0 aliphatic carbocycles. The molecule has 0 aromatic rings. The minimum atomic E-state index is -8.24. The van der Waals surface area contributed by atoms with E-state index in [-0.39, 0.29) is 0 Å². The van der Waals surface area contributed by atoms with Gasteiger partial charge in [-0.25, -0.2) is 14.2 Å². The van der Waals surface area contributed by atoms with Gasteiger partial charge in [0, 0.05) is 0 Å². The fourth-order valence-electron chi connectivity index (χ4n) is 1.20. The Morgan fingerprint density at radius 3 is 0.943 bits per heavy atom. The number of alkyl halides is 19. The van der Waals surface area contributed by atoms with Gasteiger partial charge in [-0.1, -0.05) is 0 Å². The summed E-state index contributed by atoms with van der Waals surface area (Å²) >= 11 is 0. The van der Waals surface area contributed by atoms with Crippen LogP contribution in [-0.4, -0.2) is 64.2 Å². The van der Waals surface area contributed by atoms with Gasteiger partial charge in [-0.3, -0.25) is 4.57 Å². The molecule has 0 aromatic carbocycles. The van der Waals surface area contributed by atoms with Crippen LogP contribution in [0.1, 0.15) is 0 Å². The molecule has 2 N–H and O–H groups in total. The van der Waals surface area contributed by atoms with Crippen molar-refractivity contribution in [2.75, 3.05) is 0 Å². The molecule has 0 aromatic heterocycles. The summed E-state index contributed by atoms with van der Waals surface area (Å²) in [5.41, 5.74) is 0. The van der Waals surface area contributed by atoms with Gasteiger partial charge in [-0.05, 0) is 0 Å². The molecule has 26 heteroatoms. The van der Waals surface area contributed by atoms with Crippen molar-refractivity contribution >= 4 is 7.60 Å². The summed E-state index contributed by atoms with van der Waals surface area (Å²) in [6.07, 6.45) is -47.0. The predicted molar refractivity (Wildman–Crippen MR) is 60.9 cm³/mol. The van der Waals surface area contributed by atoms with E-state index in [1.807, 2.05) is 0 Å². The second-order valence-electron chi connectivity index (χ2n) is 5.57. The highest BCUT2D eigenvalue weighted by Gasteiger charge is 2.85. The third-order valence-electron chi connectivity index (χ3n) is 2.90. The van der Waals surface area contributed by atoms with E-state index in [4.69, 9.17) is 9.79 Å². The number of ether oxygens (including phenoxy) is 3. The average Bonchev–Trinajstić information content (AvgIpc) is 2.48. The lowest BCUT2D eigenvalue weighted by atomic mass is 10.1. The predicted octanol–water partition coefficient (Wildman–Crippen LogP) is 5.56. The molecular formula is C9H2F19O6P. The zero-order valence-electron chi connectivity index (χ0n) is 14.7. The van der Waals surface area contributed by atoms with Gasteiger partial charge in [-0.2, -0.15) is 83.4 Å². The highest BCUT2D eigenvalue weighted by Crippen LogP contribution is 2.59.